The predicted octanol–water partition coefficient (Wildman–Crippen LogP) is 2.82. The number of rotatable bonds is 4. The number of benzene rings is 1. The number of oxime groups is 1. The molecule has 1 aromatic rings. The van der Waals surface area contributed by atoms with Gasteiger partial charge in [0, 0.05) is 18.1 Å². The lowest BCUT2D eigenvalue weighted by molar-refractivity contribution is 0.0855. The van der Waals surface area contributed by atoms with Crippen LogP contribution in [0.25, 0.3) is 0 Å². The average Bonchev–Trinajstić information content (AvgIpc) is 2.87. The van der Waals surface area contributed by atoms with Crippen molar-refractivity contribution in [2.45, 2.75) is 24.8 Å². The molecule has 0 fully saturated rings. The van der Waals surface area contributed by atoms with Crippen LogP contribution in [-0.4, -0.2) is 31.4 Å². The topological polar surface area (TPSA) is 40.0 Å². The third kappa shape index (κ3) is 2.70. The molecule has 0 N–H and O–H groups in total. The second-order valence-electron chi connectivity index (χ2n) is 4.16. The highest BCUT2D eigenvalue weighted by atomic mass is 35.5. The highest BCUT2D eigenvalue weighted by Gasteiger charge is 2.26. The van der Waals surface area contributed by atoms with Gasteiger partial charge in [-0.2, -0.15) is 0 Å². The summed E-state index contributed by atoms with van der Waals surface area (Å²) in [5.41, 5.74) is 1.80. The molecule has 0 saturated heterocycles. The maximum absolute atomic E-state index is 6.01. The lowest BCUT2D eigenvalue weighted by Gasteiger charge is -2.10. The number of nitrogens with zero attached hydrogens (tertiary/aromatic N) is 1. The fourth-order valence-corrected chi connectivity index (χ4v) is 1.92. The van der Waals surface area contributed by atoms with Crippen molar-refractivity contribution in [1.29, 1.82) is 0 Å². The maximum Gasteiger partial charge on any atom is 0.149 e. The molecule has 2 unspecified atom stereocenters. The summed E-state index contributed by atoms with van der Waals surface area (Å²) in [7, 11) is 3.24. The summed E-state index contributed by atoms with van der Waals surface area (Å²) in [5, 5.41) is 4.01. The second kappa shape index (κ2) is 5.48. The fourth-order valence-electron chi connectivity index (χ4n) is 1.79. The largest absolute Gasteiger partial charge is 0.497 e. The van der Waals surface area contributed by atoms with E-state index in [1.807, 2.05) is 25.1 Å². The zero-order chi connectivity index (χ0) is 13.1. The molecule has 0 aromatic heterocycles. The number of ether oxygens (including phenoxy) is 2. The molecule has 2 atom stereocenters. The zero-order valence-corrected chi connectivity index (χ0v) is 11.4. The molecule has 1 aromatic carbocycles. The lowest BCUT2D eigenvalue weighted by Crippen LogP contribution is -2.18. The molecule has 1 heterocycles. The minimum atomic E-state index is -0.0706. The maximum atomic E-state index is 6.01. The first-order valence-electron chi connectivity index (χ1n) is 5.74. The van der Waals surface area contributed by atoms with E-state index in [1.54, 1.807) is 14.2 Å². The monoisotopic (exact) mass is 269 g/mol. The number of halogens is 1. The molecule has 4 nitrogen and oxygen atoms in total. The van der Waals surface area contributed by atoms with E-state index in [0.717, 1.165) is 22.8 Å². The highest BCUT2D eigenvalue weighted by molar-refractivity contribution is 6.21. The van der Waals surface area contributed by atoms with Gasteiger partial charge in [-0.3, -0.25) is 0 Å². The van der Waals surface area contributed by atoms with Gasteiger partial charge in [0.15, 0.2) is 0 Å². The van der Waals surface area contributed by atoms with E-state index in [-0.39, 0.29) is 11.5 Å². The Morgan fingerprint density at radius 3 is 2.33 bits per heavy atom. The van der Waals surface area contributed by atoms with Gasteiger partial charge < -0.3 is 14.3 Å². The lowest BCUT2D eigenvalue weighted by atomic mass is 10.0. The molecule has 18 heavy (non-hydrogen) atoms. The fraction of sp³-hybridized carbons (Fsp3) is 0.462. The van der Waals surface area contributed by atoms with Gasteiger partial charge in [-0.25, -0.2) is 0 Å². The van der Waals surface area contributed by atoms with Crippen LogP contribution in [0.1, 0.15) is 18.9 Å². The van der Waals surface area contributed by atoms with Crippen molar-refractivity contribution in [3.8, 4) is 11.5 Å². The van der Waals surface area contributed by atoms with Gasteiger partial charge in [0.05, 0.1) is 25.3 Å². The second-order valence-corrected chi connectivity index (χ2v) is 4.85. The number of methoxy groups -OCH3 is 2. The van der Waals surface area contributed by atoms with E-state index in [1.165, 1.54) is 0 Å². The SMILES string of the molecule is COc1cc(OC)cc(C2=NOC(C(C)Cl)C2)c1. The van der Waals surface area contributed by atoms with Crippen molar-refractivity contribution in [3.63, 3.8) is 0 Å². The Bertz CT molecular complexity index is 437. The van der Waals surface area contributed by atoms with E-state index in [9.17, 15) is 0 Å². The Morgan fingerprint density at radius 1 is 1.28 bits per heavy atom. The molecule has 0 spiro atoms. The van der Waals surface area contributed by atoms with Crippen molar-refractivity contribution >= 4 is 17.3 Å². The van der Waals surface area contributed by atoms with Gasteiger partial charge in [0.25, 0.3) is 0 Å². The van der Waals surface area contributed by atoms with Crippen LogP contribution in [0.5, 0.6) is 11.5 Å². The predicted molar refractivity (Wildman–Crippen MR) is 70.9 cm³/mol. The van der Waals surface area contributed by atoms with Gasteiger partial charge in [0.2, 0.25) is 0 Å². The molecule has 0 saturated carbocycles. The first-order chi connectivity index (χ1) is 8.63. The molecule has 2 rings (SSSR count). The summed E-state index contributed by atoms with van der Waals surface area (Å²) in [6.07, 6.45) is 0.625. The van der Waals surface area contributed by atoms with Crippen molar-refractivity contribution in [2.75, 3.05) is 14.2 Å². The highest BCUT2D eigenvalue weighted by Crippen LogP contribution is 2.27. The van der Waals surface area contributed by atoms with Crippen LogP contribution in [0, 0.1) is 0 Å². The molecule has 0 radical (unpaired) electrons. The average molecular weight is 270 g/mol. The molecular formula is C13H16ClNO3. The van der Waals surface area contributed by atoms with E-state index in [4.69, 9.17) is 25.9 Å². The zero-order valence-electron chi connectivity index (χ0n) is 10.6. The molecule has 1 aliphatic heterocycles. The van der Waals surface area contributed by atoms with Crippen LogP contribution in [0.2, 0.25) is 0 Å². The van der Waals surface area contributed by atoms with E-state index in [2.05, 4.69) is 5.16 Å². The molecule has 5 heteroatoms. The molecule has 1 aliphatic rings. The molecule has 0 aliphatic carbocycles. The smallest absolute Gasteiger partial charge is 0.149 e. The number of hydrogen-bond donors (Lipinski definition) is 0. The first kappa shape index (κ1) is 13.0. The number of hydrogen-bond acceptors (Lipinski definition) is 4. The van der Waals surface area contributed by atoms with Crippen LogP contribution >= 0.6 is 11.6 Å². The summed E-state index contributed by atoms with van der Waals surface area (Å²) in [6, 6.07) is 5.64. The Balaban J connectivity index is 2.24. The third-order valence-electron chi connectivity index (χ3n) is 2.89. The molecule has 0 bridgehead atoms. The molecular weight excluding hydrogens is 254 g/mol. The van der Waals surface area contributed by atoms with Gasteiger partial charge >= 0.3 is 0 Å². The van der Waals surface area contributed by atoms with Gasteiger partial charge in [-0.05, 0) is 19.1 Å². The van der Waals surface area contributed by atoms with Gasteiger partial charge in [-0.1, -0.05) is 5.16 Å². The van der Waals surface area contributed by atoms with E-state index < -0.39 is 0 Å². The van der Waals surface area contributed by atoms with Crippen LogP contribution in [0.4, 0.5) is 0 Å². The summed E-state index contributed by atoms with van der Waals surface area (Å²) in [5.74, 6) is 1.46. The van der Waals surface area contributed by atoms with Gasteiger partial charge in [0.1, 0.15) is 17.6 Å². The van der Waals surface area contributed by atoms with Crippen LogP contribution in [0.15, 0.2) is 23.4 Å². The summed E-state index contributed by atoms with van der Waals surface area (Å²) < 4.78 is 10.5. The minimum absolute atomic E-state index is 0.0705. The minimum Gasteiger partial charge on any atom is -0.497 e. The number of alkyl halides is 1. The molecule has 98 valence electrons. The standard InChI is InChI=1S/C13H16ClNO3/c1-8(14)13-7-12(15-18-13)9-4-10(16-2)6-11(5-9)17-3/h4-6,8,13H,7H2,1-3H3. The van der Waals surface area contributed by atoms with E-state index >= 15 is 0 Å². The Labute approximate surface area is 111 Å². The normalized spacial score (nSPS) is 20.0. The summed E-state index contributed by atoms with van der Waals surface area (Å²) >= 11 is 6.01. The van der Waals surface area contributed by atoms with Crippen LogP contribution in [0.3, 0.4) is 0 Å². The third-order valence-corrected chi connectivity index (χ3v) is 3.17. The molecule has 0 amide bonds. The quantitative estimate of drug-likeness (QED) is 0.789. The summed E-state index contributed by atoms with van der Waals surface area (Å²) in [4.78, 5) is 5.30. The Morgan fingerprint density at radius 2 is 1.89 bits per heavy atom. The van der Waals surface area contributed by atoms with Crippen LogP contribution < -0.4 is 9.47 Å². The Hall–Kier alpha value is -1.42. The Kier molecular flexibility index (Phi) is 3.97. The van der Waals surface area contributed by atoms with Gasteiger partial charge in [-0.15, -0.1) is 11.6 Å². The summed E-state index contributed by atoms with van der Waals surface area (Å²) in [6.45, 7) is 1.90. The van der Waals surface area contributed by atoms with Crippen molar-refractivity contribution in [2.24, 2.45) is 5.16 Å². The van der Waals surface area contributed by atoms with Crippen molar-refractivity contribution in [3.05, 3.63) is 23.8 Å². The first-order valence-corrected chi connectivity index (χ1v) is 6.18. The van der Waals surface area contributed by atoms with Crippen molar-refractivity contribution < 1.29 is 14.3 Å². The van der Waals surface area contributed by atoms with Crippen LogP contribution in [-0.2, 0) is 4.84 Å². The van der Waals surface area contributed by atoms with E-state index in [0.29, 0.717) is 6.42 Å². The van der Waals surface area contributed by atoms with Crippen molar-refractivity contribution in [1.82, 2.24) is 0 Å².